The maximum Gasteiger partial charge on any atom is 0.240 e. The normalized spacial score (nSPS) is 11.0. The fraction of sp³-hybridized carbons (Fsp3) is 0.333. The molecule has 0 spiro atoms. The van der Waals surface area contributed by atoms with E-state index in [9.17, 15) is 8.42 Å². The largest absolute Gasteiger partial charge is 0.395 e. The summed E-state index contributed by atoms with van der Waals surface area (Å²) in [4.78, 5) is 0.189. The number of halogens is 2. The lowest BCUT2D eigenvalue weighted by molar-refractivity contribution is 0.301. The van der Waals surface area contributed by atoms with Crippen LogP contribution < -0.4 is 4.72 Å². The van der Waals surface area contributed by atoms with E-state index in [4.69, 9.17) is 5.11 Å². The lowest BCUT2D eigenvalue weighted by Gasteiger charge is -2.09. The van der Waals surface area contributed by atoms with E-state index in [0.29, 0.717) is 0 Å². The van der Waals surface area contributed by atoms with Gasteiger partial charge in [0.05, 0.1) is 11.5 Å². The Morgan fingerprint density at radius 3 is 2.12 bits per heavy atom. The van der Waals surface area contributed by atoms with Crippen molar-refractivity contribution in [2.75, 3.05) is 13.2 Å². The molecule has 138 valence electrons. The second kappa shape index (κ2) is 10.0. The van der Waals surface area contributed by atoms with E-state index in [1.54, 1.807) is 12.1 Å². The van der Waals surface area contributed by atoms with E-state index < -0.39 is 10.0 Å². The lowest BCUT2D eigenvalue weighted by Crippen LogP contribution is -2.26. The molecule has 0 heterocycles. The fourth-order valence-electron chi connectivity index (χ4n) is 2.04. The number of nitrogens with one attached hydrogen (secondary N) is 1. The Morgan fingerprint density at radius 1 is 1.04 bits per heavy atom. The Hall–Kier alpha value is -0.480. The van der Waals surface area contributed by atoms with Gasteiger partial charge in [0.1, 0.15) is 0 Å². The van der Waals surface area contributed by atoms with Gasteiger partial charge in [-0.25, -0.2) is 13.1 Å². The zero-order valence-corrected chi connectivity index (χ0v) is 19.3. The highest BCUT2D eigenvalue weighted by atomic mass is 127. The van der Waals surface area contributed by atoms with E-state index in [2.05, 4.69) is 77.0 Å². The van der Waals surface area contributed by atoms with Crippen molar-refractivity contribution >= 4 is 48.5 Å². The quantitative estimate of drug-likeness (QED) is 0.571. The van der Waals surface area contributed by atoms with Crippen LogP contribution in [0.4, 0.5) is 0 Å². The number of aliphatic hydroxyl groups is 1. The van der Waals surface area contributed by atoms with E-state index in [1.807, 2.05) is 0 Å². The molecule has 0 atom stereocenters. The van der Waals surface area contributed by atoms with Gasteiger partial charge in [0.25, 0.3) is 0 Å². The molecule has 2 rings (SSSR count). The average molecular weight is 540 g/mol. The van der Waals surface area contributed by atoms with Gasteiger partial charge in [-0.1, -0.05) is 15.9 Å². The zero-order valence-electron chi connectivity index (χ0n) is 14.7. The Balaban J connectivity index is 0.000000257. The Bertz CT molecular complexity index is 795. The van der Waals surface area contributed by atoms with Gasteiger partial charge in [-0.3, -0.25) is 0 Å². The van der Waals surface area contributed by atoms with Gasteiger partial charge in [0.2, 0.25) is 10.0 Å². The smallest absolute Gasteiger partial charge is 0.240 e. The molecule has 25 heavy (non-hydrogen) atoms. The summed E-state index contributed by atoms with van der Waals surface area (Å²) in [6.45, 7) is 8.55. The predicted molar refractivity (Wildman–Crippen MR) is 115 cm³/mol. The van der Waals surface area contributed by atoms with Crippen molar-refractivity contribution in [1.29, 1.82) is 0 Å². The molecule has 0 amide bonds. The van der Waals surface area contributed by atoms with Crippen LogP contribution >= 0.6 is 38.5 Å². The molecule has 0 unspecified atom stereocenters. The maximum absolute atomic E-state index is 11.5. The maximum atomic E-state index is 11.5. The van der Waals surface area contributed by atoms with Gasteiger partial charge in [0.15, 0.2) is 0 Å². The Labute approximate surface area is 172 Å². The average Bonchev–Trinajstić information content (AvgIpc) is 2.57. The first kappa shape index (κ1) is 22.6. The van der Waals surface area contributed by atoms with Crippen molar-refractivity contribution in [2.45, 2.75) is 32.6 Å². The van der Waals surface area contributed by atoms with Gasteiger partial charge >= 0.3 is 0 Å². The summed E-state index contributed by atoms with van der Waals surface area (Å²) in [5.41, 5.74) is 5.70. The molecule has 0 saturated heterocycles. The first-order chi connectivity index (χ1) is 11.6. The summed E-state index contributed by atoms with van der Waals surface area (Å²) in [5, 5.41) is 8.49. The van der Waals surface area contributed by atoms with Crippen molar-refractivity contribution in [3.63, 3.8) is 0 Å². The third-order valence-electron chi connectivity index (χ3n) is 3.95. The molecule has 0 fully saturated rings. The third-order valence-corrected chi connectivity index (χ3v) is 7.07. The Kier molecular flexibility index (Phi) is 9.03. The minimum Gasteiger partial charge on any atom is -0.395 e. The Morgan fingerprint density at radius 2 is 1.60 bits per heavy atom. The van der Waals surface area contributed by atoms with Crippen molar-refractivity contribution in [3.05, 3.63) is 60.6 Å². The van der Waals surface area contributed by atoms with Crippen LogP contribution in [0.3, 0.4) is 0 Å². The number of rotatable bonds is 4. The van der Waals surface area contributed by atoms with Crippen LogP contribution in [0.25, 0.3) is 0 Å². The van der Waals surface area contributed by atoms with Gasteiger partial charge < -0.3 is 5.11 Å². The first-order valence-electron chi connectivity index (χ1n) is 7.69. The highest BCUT2D eigenvalue weighted by Crippen LogP contribution is 2.22. The molecule has 2 aromatic rings. The van der Waals surface area contributed by atoms with Gasteiger partial charge in [-0.15, -0.1) is 0 Å². The van der Waals surface area contributed by atoms with Crippen LogP contribution in [0.5, 0.6) is 0 Å². The number of sulfonamides is 1. The molecular weight excluding hydrogens is 517 g/mol. The topological polar surface area (TPSA) is 66.4 Å². The molecule has 2 N–H and O–H groups in total. The SMILES string of the molecule is Cc1cc(I)c(C)c(C)c1C.O=S(=O)(NCCO)c1ccc(Br)cc1. The van der Waals surface area contributed by atoms with Crippen molar-refractivity contribution in [1.82, 2.24) is 4.72 Å². The van der Waals surface area contributed by atoms with Crippen LogP contribution in [0, 0.1) is 31.3 Å². The van der Waals surface area contributed by atoms with Gasteiger partial charge in [-0.05, 0) is 103 Å². The van der Waals surface area contributed by atoms with Crippen LogP contribution in [-0.2, 0) is 10.0 Å². The molecule has 0 aliphatic carbocycles. The summed E-state index contributed by atoms with van der Waals surface area (Å²) < 4.78 is 27.4. The number of hydrogen-bond acceptors (Lipinski definition) is 3. The van der Waals surface area contributed by atoms with Crippen LogP contribution in [0.2, 0.25) is 0 Å². The third kappa shape index (κ3) is 6.63. The summed E-state index contributed by atoms with van der Waals surface area (Å²) in [6.07, 6.45) is 0. The molecule has 0 bridgehead atoms. The number of hydrogen-bond donors (Lipinski definition) is 2. The van der Waals surface area contributed by atoms with Gasteiger partial charge in [0, 0.05) is 14.6 Å². The minimum atomic E-state index is -3.47. The van der Waals surface area contributed by atoms with Crippen LogP contribution in [-0.4, -0.2) is 26.7 Å². The molecule has 4 nitrogen and oxygen atoms in total. The molecule has 0 saturated carbocycles. The van der Waals surface area contributed by atoms with Crippen LogP contribution in [0.1, 0.15) is 22.3 Å². The first-order valence-corrected chi connectivity index (χ1v) is 11.0. The van der Waals surface area contributed by atoms with E-state index >= 15 is 0 Å². The van der Waals surface area contributed by atoms with Crippen molar-refractivity contribution < 1.29 is 13.5 Å². The second-order valence-electron chi connectivity index (χ2n) is 5.63. The highest BCUT2D eigenvalue weighted by molar-refractivity contribution is 14.1. The molecule has 0 aliphatic heterocycles. The molecule has 0 aromatic heterocycles. The lowest BCUT2D eigenvalue weighted by atomic mass is 10.0. The number of aliphatic hydroxyl groups excluding tert-OH is 1. The van der Waals surface area contributed by atoms with Gasteiger partial charge in [-0.2, -0.15) is 0 Å². The van der Waals surface area contributed by atoms with E-state index in [1.165, 1.54) is 38.0 Å². The predicted octanol–water partition coefficient (Wildman–Crippen LogP) is 4.24. The van der Waals surface area contributed by atoms with Crippen molar-refractivity contribution in [3.8, 4) is 0 Å². The fourth-order valence-corrected chi connectivity index (χ4v) is 4.20. The molecule has 0 aliphatic rings. The number of aryl methyl sites for hydroxylation is 1. The van der Waals surface area contributed by atoms with E-state index in [0.717, 1.165) is 4.47 Å². The van der Waals surface area contributed by atoms with Crippen LogP contribution in [0.15, 0.2) is 39.7 Å². The zero-order chi connectivity index (χ0) is 19.2. The van der Waals surface area contributed by atoms with E-state index in [-0.39, 0.29) is 18.0 Å². The summed E-state index contributed by atoms with van der Waals surface area (Å²) in [5.74, 6) is 0. The standard InChI is InChI=1S/C10H13I.C8H10BrNO3S/c1-6-5-10(11)9(4)8(3)7(6)2;9-7-1-3-8(4-2-7)14(12,13)10-5-6-11/h5H,1-4H3;1-4,10-11H,5-6H2. The second-order valence-corrected chi connectivity index (χ2v) is 9.47. The molecule has 2 aromatic carbocycles. The minimum absolute atomic E-state index is 0.0262. The van der Waals surface area contributed by atoms with Crippen molar-refractivity contribution in [2.24, 2.45) is 0 Å². The molecule has 7 heteroatoms. The summed E-state index contributed by atoms with van der Waals surface area (Å²) in [7, 11) is -3.47. The monoisotopic (exact) mass is 539 g/mol. The highest BCUT2D eigenvalue weighted by Gasteiger charge is 2.11. The molecule has 0 radical (unpaired) electrons. The number of benzene rings is 2. The molecular formula is C18H23BrINO3S. The summed E-state index contributed by atoms with van der Waals surface area (Å²) >= 11 is 5.60. The summed E-state index contributed by atoms with van der Waals surface area (Å²) in [6, 6.07) is 8.52.